The molecule has 0 fully saturated rings. The van der Waals surface area contributed by atoms with Gasteiger partial charge in [-0.3, -0.25) is 19.0 Å². The van der Waals surface area contributed by atoms with E-state index >= 15 is 0 Å². The van der Waals surface area contributed by atoms with Gasteiger partial charge in [0, 0.05) is 36.6 Å². The first-order chi connectivity index (χ1) is 20.2. The average Bonchev–Trinajstić information content (AvgIpc) is 3.34. The van der Waals surface area contributed by atoms with E-state index in [1.165, 1.54) is 0 Å². The van der Waals surface area contributed by atoms with Gasteiger partial charge in [-0.1, -0.05) is 48.0 Å². The van der Waals surface area contributed by atoms with Crippen molar-refractivity contribution in [3.05, 3.63) is 127 Å². The number of halogens is 1. The Morgan fingerprint density at radius 2 is 1.10 bits per heavy atom. The molecule has 0 saturated heterocycles. The number of aromatic nitrogens is 4. The minimum Gasteiger partial charge on any atom is -0.490 e. The van der Waals surface area contributed by atoms with E-state index in [-0.39, 0.29) is 11.1 Å². The van der Waals surface area contributed by atoms with Crippen LogP contribution in [-0.2, 0) is 14.1 Å². The van der Waals surface area contributed by atoms with Crippen molar-refractivity contribution in [1.29, 1.82) is 0 Å². The van der Waals surface area contributed by atoms with Crippen molar-refractivity contribution in [1.82, 2.24) is 18.7 Å². The van der Waals surface area contributed by atoms with E-state index in [0.29, 0.717) is 57.8 Å². The Balaban J connectivity index is 1.88. The first-order valence-electron chi connectivity index (χ1n) is 14.0. The van der Waals surface area contributed by atoms with Gasteiger partial charge in [0.2, 0.25) is 0 Å². The van der Waals surface area contributed by atoms with Crippen LogP contribution in [0.5, 0.6) is 11.5 Å². The minimum absolute atomic E-state index is 0.233. The van der Waals surface area contributed by atoms with Crippen molar-refractivity contribution in [3.63, 3.8) is 0 Å². The number of nitrogens with zero attached hydrogens (tertiary/aromatic N) is 4. The highest BCUT2D eigenvalue weighted by Crippen LogP contribution is 2.42. The van der Waals surface area contributed by atoms with Crippen molar-refractivity contribution in [2.45, 2.75) is 33.6 Å². The van der Waals surface area contributed by atoms with Gasteiger partial charge in [-0.05, 0) is 63.6 Å². The topological polar surface area (TPSA) is 72.3 Å². The third-order valence-electron chi connectivity index (χ3n) is 7.75. The Morgan fingerprint density at radius 1 is 0.690 bits per heavy atom. The molecule has 0 aliphatic heterocycles. The van der Waals surface area contributed by atoms with E-state index in [2.05, 4.69) is 0 Å². The Labute approximate surface area is 249 Å². The fourth-order valence-electron chi connectivity index (χ4n) is 5.61. The summed E-state index contributed by atoms with van der Waals surface area (Å²) in [6.07, 6.45) is 0. The second-order valence-electron chi connectivity index (χ2n) is 10.1. The third kappa shape index (κ3) is 4.86. The standard InChI is InChI=1S/C33H35ClN4O4/c1-7-41-27-19-25(26(34)20-28(27)42-8-2)31(29-21(3)35(5)37(32(29)39)23-15-11-9-12-16-23)30-22(4)36(6)38(33(30)40)24-17-13-10-14-18-24/h9-20,31H,7-8H2,1-6H3. The lowest BCUT2D eigenvalue weighted by atomic mass is 9.85. The van der Waals surface area contributed by atoms with Crippen molar-refractivity contribution < 1.29 is 9.47 Å². The SMILES string of the molecule is CCOc1cc(Cl)c(C(c2c(C)n(C)n(-c3ccccc3)c2=O)c2c(C)n(C)n(-c3ccccc3)c2=O)cc1OCC. The largest absolute Gasteiger partial charge is 0.490 e. The summed E-state index contributed by atoms with van der Waals surface area (Å²) >= 11 is 7.00. The van der Waals surface area contributed by atoms with Crippen LogP contribution in [0.25, 0.3) is 11.4 Å². The Kier molecular flexibility index (Phi) is 8.18. The molecule has 3 aromatic carbocycles. The molecule has 2 heterocycles. The van der Waals surface area contributed by atoms with Gasteiger partial charge in [0.15, 0.2) is 11.5 Å². The summed E-state index contributed by atoms with van der Waals surface area (Å²) in [4.78, 5) is 28.8. The lowest BCUT2D eigenvalue weighted by Gasteiger charge is -2.20. The predicted molar refractivity (Wildman–Crippen MR) is 166 cm³/mol. The van der Waals surface area contributed by atoms with Crippen LogP contribution < -0.4 is 20.6 Å². The summed E-state index contributed by atoms with van der Waals surface area (Å²) in [5.41, 5.74) is 3.90. The average molecular weight is 587 g/mol. The molecule has 9 heteroatoms. The Bertz CT molecular complexity index is 1750. The van der Waals surface area contributed by atoms with Gasteiger partial charge in [0.25, 0.3) is 11.1 Å². The zero-order valence-electron chi connectivity index (χ0n) is 24.7. The number of ether oxygens (including phenoxy) is 2. The predicted octanol–water partition coefficient (Wildman–Crippen LogP) is 5.91. The zero-order valence-corrected chi connectivity index (χ0v) is 25.5. The number of hydrogen-bond donors (Lipinski definition) is 0. The zero-order chi connectivity index (χ0) is 30.1. The molecule has 0 amide bonds. The molecule has 8 nitrogen and oxygen atoms in total. The molecule has 0 radical (unpaired) electrons. The number of rotatable bonds is 9. The van der Waals surface area contributed by atoms with Crippen LogP contribution in [-0.4, -0.2) is 31.9 Å². The quantitative estimate of drug-likeness (QED) is 0.215. The molecule has 0 N–H and O–H groups in total. The van der Waals surface area contributed by atoms with E-state index in [1.54, 1.807) is 21.5 Å². The highest BCUT2D eigenvalue weighted by atomic mass is 35.5. The molecule has 2 aromatic heterocycles. The van der Waals surface area contributed by atoms with Crippen molar-refractivity contribution in [2.24, 2.45) is 14.1 Å². The molecule has 42 heavy (non-hydrogen) atoms. The second-order valence-corrected chi connectivity index (χ2v) is 10.5. The van der Waals surface area contributed by atoms with E-state index in [9.17, 15) is 9.59 Å². The fraction of sp³-hybridized carbons (Fsp3) is 0.273. The van der Waals surface area contributed by atoms with Gasteiger partial charge in [-0.15, -0.1) is 0 Å². The molecule has 0 aliphatic rings. The molecule has 218 valence electrons. The van der Waals surface area contributed by atoms with E-state index in [0.717, 1.165) is 11.4 Å². The third-order valence-corrected chi connectivity index (χ3v) is 8.08. The molecule has 0 aliphatic carbocycles. The van der Waals surface area contributed by atoms with Gasteiger partial charge >= 0.3 is 0 Å². The first-order valence-corrected chi connectivity index (χ1v) is 14.4. The number of hydrogen-bond acceptors (Lipinski definition) is 4. The van der Waals surface area contributed by atoms with E-state index in [4.69, 9.17) is 21.1 Å². The van der Waals surface area contributed by atoms with E-state index < -0.39 is 5.92 Å². The maximum atomic E-state index is 14.4. The smallest absolute Gasteiger partial charge is 0.275 e. The van der Waals surface area contributed by atoms with Crippen LogP contribution in [0.2, 0.25) is 5.02 Å². The van der Waals surface area contributed by atoms with Crippen LogP contribution in [0.4, 0.5) is 0 Å². The summed E-state index contributed by atoms with van der Waals surface area (Å²) in [5, 5.41) is 0.370. The summed E-state index contributed by atoms with van der Waals surface area (Å²) in [6.45, 7) is 8.40. The van der Waals surface area contributed by atoms with Crippen molar-refractivity contribution in [3.8, 4) is 22.9 Å². The lowest BCUT2D eigenvalue weighted by molar-refractivity contribution is 0.287. The van der Waals surface area contributed by atoms with Crippen LogP contribution >= 0.6 is 11.6 Å². The Hall–Kier alpha value is -4.43. The number of benzene rings is 3. The highest BCUT2D eigenvalue weighted by Gasteiger charge is 2.34. The van der Waals surface area contributed by atoms with Gasteiger partial charge in [0.05, 0.1) is 41.6 Å². The fourth-order valence-corrected chi connectivity index (χ4v) is 5.87. The maximum absolute atomic E-state index is 14.4. The molecule has 0 spiro atoms. The first kappa shape index (κ1) is 29.1. The monoisotopic (exact) mass is 586 g/mol. The lowest BCUT2D eigenvalue weighted by Crippen LogP contribution is -2.26. The van der Waals surface area contributed by atoms with Crippen LogP contribution in [0.3, 0.4) is 0 Å². The molecule has 0 saturated carbocycles. The highest BCUT2D eigenvalue weighted by molar-refractivity contribution is 6.31. The summed E-state index contributed by atoms with van der Waals surface area (Å²) in [6, 6.07) is 22.4. The van der Waals surface area contributed by atoms with Gasteiger partial charge in [0.1, 0.15) is 0 Å². The summed E-state index contributed by atoms with van der Waals surface area (Å²) in [5.74, 6) is 0.210. The molecular formula is C33H35ClN4O4. The molecule has 0 atom stereocenters. The van der Waals surface area contributed by atoms with Crippen LogP contribution in [0, 0.1) is 13.8 Å². The van der Waals surface area contributed by atoms with E-state index in [1.807, 2.05) is 112 Å². The maximum Gasteiger partial charge on any atom is 0.275 e. The molecular weight excluding hydrogens is 552 g/mol. The second kappa shape index (κ2) is 11.8. The Morgan fingerprint density at radius 3 is 1.50 bits per heavy atom. The summed E-state index contributed by atoms with van der Waals surface area (Å²) in [7, 11) is 3.69. The van der Waals surface area contributed by atoms with Gasteiger partial charge in [-0.25, -0.2) is 9.36 Å². The van der Waals surface area contributed by atoms with Crippen LogP contribution in [0.1, 0.15) is 47.8 Å². The van der Waals surface area contributed by atoms with Gasteiger partial charge < -0.3 is 9.47 Å². The normalized spacial score (nSPS) is 11.3. The molecule has 0 bridgehead atoms. The molecule has 5 rings (SSSR count). The molecule has 5 aromatic rings. The minimum atomic E-state index is -0.792. The van der Waals surface area contributed by atoms with Gasteiger partial charge in [-0.2, -0.15) is 0 Å². The van der Waals surface area contributed by atoms with Crippen molar-refractivity contribution in [2.75, 3.05) is 13.2 Å². The molecule has 0 unspecified atom stereocenters. The van der Waals surface area contributed by atoms with Crippen molar-refractivity contribution >= 4 is 11.6 Å². The summed E-state index contributed by atoms with van der Waals surface area (Å²) < 4.78 is 18.7. The van der Waals surface area contributed by atoms with Crippen LogP contribution in [0.15, 0.2) is 82.4 Å². The number of para-hydroxylation sites is 2.